The first kappa shape index (κ1) is 19.4. The zero-order valence-electron chi connectivity index (χ0n) is 14.8. The number of carbonyl (C=O) groups excluding carboxylic acids is 1. The largest absolute Gasteiger partial charge is 0.480 e. The minimum Gasteiger partial charge on any atom is -0.480 e. The van der Waals surface area contributed by atoms with E-state index in [1.165, 1.54) is 6.26 Å². The SMILES string of the molecule is CC(C)(C)OC(=O)N[C@H](C(=O)O)[C@@H](c1nc(I)co1)N1CC2(COC2)C1. The van der Waals surface area contributed by atoms with Crippen LogP contribution in [0.3, 0.4) is 0 Å². The molecular formula is C16H22IN3O6. The third kappa shape index (κ3) is 4.12. The van der Waals surface area contributed by atoms with Crippen molar-refractivity contribution in [2.24, 2.45) is 5.41 Å². The number of hydrogen-bond donors (Lipinski definition) is 2. The van der Waals surface area contributed by atoms with E-state index >= 15 is 0 Å². The zero-order chi connectivity index (χ0) is 19.1. The van der Waals surface area contributed by atoms with Crippen LogP contribution in [0.5, 0.6) is 0 Å². The zero-order valence-corrected chi connectivity index (χ0v) is 17.0. The van der Waals surface area contributed by atoms with Crippen LogP contribution in [-0.4, -0.2) is 65.0 Å². The number of aromatic nitrogens is 1. The van der Waals surface area contributed by atoms with Crippen LogP contribution in [0.1, 0.15) is 32.7 Å². The minimum atomic E-state index is -1.25. The van der Waals surface area contributed by atoms with Crippen LogP contribution in [0.4, 0.5) is 4.79 Å². The molecule has 144 valence electrons. The molecule has 2 saturated heterocycles. The van der Waals surface area contributed by atoms with Gasteiger partial charge in [0.05, 0.1) is 13.2 Å². The van der Waals surface area contributed by atoms with Gasteiger partial charge in [0.15, 0.2) is 6.04 Å². The molecular weight excluding hydrogens is 457 g/mol. The van der Waals surface area contributed by atoms with E-state index in [1.54, 1.807) is 20.8 Å². The summed E-state index contributed by atoms with van der Waals surface area (Å²) in [7, 11) is 0. The van der Waals surface area contributed by atoms with Crippen molar-refractivity contribution in [3.05, 3.63) is 15.9 Å². The number of amides is 1. The van der Waals surface area contributed by atoms with E-state index in [2.05, 4.69) is 10.3 Å². The van der Waals surface area contributed by atoms with Crippen LogP contribution in [-0.2, 0) is 14.3 Å². The fourth-order valence-corrected chi connectivity index (χ4v) is 3.57. The van der Waals surface area contributed by atoms with Crippen molar-refractivity contribution in [2.75, 3.05) is 26.3 Å². The summed E-state index contributed by atoms with van der Waals surface area (Å²) >= 11 is 1.99. The van der Waals surface area contributed by atoms with Gasteiger partial charge in [0, 0.05) is 18.5 Å². The highest BCUT2D eigenvalue weighted by Crippen LogP contribution is 2.43. The first-order chi connectivity index (χ1) is 12.1. The van der Waals surface area contributed by atoms with Gasteiger partial charge in [0.2, 0.25) is 5.89 Å². The lowest BCUT2D eigenvalue weighted by atomic mass is 9.76. The van der Waals surface area contributed by atoms with Crippen LogP contribution in [0.2, 0.25) is 0 Å². The Hall–Kier alpha value is -1.40. The van der Waals surface area contributed by atoms with Gasteiger partial charge in [0.25, 0.3) is 0 Å². The Kier molecular flexibility index (Phi) is 5.19. The van der Waals surface area contributed by atoms with Crippen molar-refractivity contribution in [3.63, 3.8) is 0 Å². The number of aliphatic carboxylic acids is 1. The molecule has 1 spiro atoms. The molecule has 0 unspecified atom stereocenters. The molecule has 0 aliphatic carbocycles. The van der Waals surface area contributed by atoms with E-state index in [-0.39, 0.29) is 11.3 Å². The van der Waals surface area contributed by atoms with Crippen LogP contribution in [0, 0.1) is 9.12 Å². The smallest absolute Gasteiger partial charge is 0.408 e. The van der Waals surface area contributed by atoms with Crippen molar-refractivity contribution in [1.29, 1.82) is 0 Å². The Balaban J connectivity index is 1.80. The number of carboxylic acid groups (broad SMARTS) is 1. The molecule has 2 aliphatic heterocycles. The normalized spacial score (nSPS) is 21.4. The molecule has 3 heterocycles. The van der Waals surface area contributed by atoms with E-state index in [9.17, 15) is 14.7 Å². The monoisotopic (exact) mass is 479 g/mol. The Labute approximate surface area is 164 Å². The molecule has 10 heteroatoms. The lowest BCUT2D eigenvalue weighted by molar-refractivity contribution is -0.204. The third-order valence-corrected chi connectivity index (χ3v) is 4.78. The van der Waals surface area contributed by atoms with E-state index < -0.39 is 29.7 Å². The molecule has 26 heavy (non-hydrogen) atoms. The standard InChI is InChI=1S/C16H22IN3O6/c1-15(2,3)26-14(23)19-10(13(21)22)11(12-18-9(17)4-25-12)20-5-16(6-20)7-24-8-16/h4,10-11H,5-8H2,1-3H3,(H,19,23)(H,21,22)/t10-,11-/m0/s1. The average Bonchev–Trinajstić information content (AvgIpc) is 2.82. The lowest BCUT2D eigenvalue weighted by Gasteiger charge is -2.57. The predicted molar refractivity (Wildman–Crippen MR) is 97.6 cm³/mol. The second kappa shape index (κ2) is 6.97. The quantitative estimate of drug-likeness (QED) is 0.613. The Bertz CT molecular complexity index is 688. The van der Waals surface area contributed by atoms with Gasteiger partial charge in [-0.25, -0.2) is 14.6 Å². The number of oxazole rings is 1. The number of alkyl carbamates (subject to hydrolysis) is 1. The van der Waals surface area contributed by atoms with Crippen LogP contribution in [0.15, 0.2) is 10.7 Å². The van der Waals surface area contributed by atoms with Gasteiger partial charge < -0.3 is 24.3 Å². The van der Waals surface area contributed by atoms with Crippen LogP contribution >= 0.6 is 22.6 Å². The van der Waals surface area contributed by atoms with Crippen molar-refractivity contribution in [1.82, 2.24) is 15.2 Å². The second-order valence-electron chi connectivity index (χ2n) is 7.81. The number of carboxylic acids is 1. The maximum atomic E-state index is 12.2. The van der Waals surface area contributed by atoms with Crippen LogP contribution < -0.4 is 5.32 Å². The van der Waals surface area contributed by atoms with Gasteiger partial charge in [-0.1, -0.05) is 0 Å². The predicted octanol–water partition coefficient (Wildman–Crippen LogP) is 1.63. The number of carbonyl (C=O) groups is 2. The number of likely N-dealkylation sites (tertiary alicyclic amines) is 1. The van der Waals surface area contributed by atoms with Gasteiger partial charge in [-0.15, -0.1) is 0 Å². The number of nitrogens with one attached hydrogen (secondary N) is 1. The summed E-state index contributed by atoms with van der Waals surface area (Å²) in [5.74, 6) is -0.923. The number of hydrogen-bond acceptors (Lipinski definition) is 7. The number of ether oxygens (including phenoxy) is 2. The number of halogens is 1. The van der Waals surface area contributed by atoms with Gasteiger partial charge in [-0.2, -0.15) is 0 Å². The summed E-state index contributed by atoms with van der Waals surface area (Å²) in [6.07, 6.45) is 0.662. The summed E-state index contributed by atoms with van der Waals surface area (Å²) < 4.78 is 16.6. The van der Waals surface area contributed by atoms with Crippen molar-refractivity contribution in [2.45, 2.75) is 38.5 Å². The summed E-state index contributed by atoms with van der Waals surface area (Å²) in [4.78, 5) is 30.3. The highest BCUT2D eigenvalue weighted by molar-refractivity contribution is 14.1. The summed E-state index contributed by atoms with van der Waals surface area (Å²) in [5, 5.41) is 12.2. The first-order valence-electron chi connectivity index (χ1n) is 8.24. The Morgan fingerprint density at radius 2 is 2.08 bits per heavy atom. The molecule has 2 aliphatic rings. The third-order valence-electron chi connectivity index (χ3n) is 4.29. The van der Waals surface area contributed by atoms with E-state index in [4.69, 9.17) is 13.9 Å². The highest BCUT2D eigenvalue weighted by Gasteiger charge is 2.54. The summed E-state index contributed by atoms with van der Waals surface area (Å²) in [6.45, 7) is 7.80. The molecule has 2 N–H and O–H groups in total. The molecule has 2 atom stereocenters. The van der Waals surface area contributed by atoms with Gasteiger partial charge in [-0.05, 0) is 43.4 Å². The minimum absolute atomic E-state index is 0.0764. The number of rotatable bonds is 5. The van der Waals surface area contributed by atoms with Gasteiger partial charge in [0.1, 0.15) is 21.6 Å². The molecule has 0 aromatic carbocycles. The molecule has 1 amide bonds. The second-order valence-corrected chi connectivity index (χ2v) is 8.92. The molecule has 0 radical (unpaired) electrons. The fraction of sp³-hybridized carbons (Fsp3) is 0.688. The van der Waals surface area contributed by atoms with Crippen LogP contribution in [0.25, 0.3) is 0 Å². The van der Waals surface area contributed by atoms with E-state index in [0.29, 0.717) is 30.0 Å². The van der Waals surface area contributed by atoms with E-state index in [0.717, 1.165) is 0 Å². The highest BCUT2D eigenvalue weighted by atomic mass is 127. The topological polar surface area (TPSA) is 114 Å². The fourth-order valence-electron chi connectivity index (χ4n) is 3.21. The summed E-state index contributed by atoms with van der Waals surface area (Å²) in [6, 6.07) is -1.98. The number of nitrogens with zero attached hydrogens (tertiary/aromatic N) is 2. The maximum absolute atomic E-state index is 12.2. The molecule has 1 aromatic rings. The first-order valence-corrected chi connectivity index (χ1v) is 9.32. The molecule has 0 bridgehead atoms. The average molecular weight is 479 g/mol. The molecule has 1 aromatic heterocycles. The van der Waals surface area contributed by atoms with Crippen molar-refractivity contribution >= 4 is 34.7 Å². The molecule has 2 fully saturated rings. The Morgan fingerprint density at radius 3 is 2.50 bits per heavy atom. The Morgan fingerprint density at radius 1 is 1.42 bits per heavy atom. The molecule has 0 saturated carbocycles. The van der Waals surface area contributed by atoms with Gasteiger partial charge in [-0.3, -0.25) is 4.90 Å². The summed E-state index contributed by atoms with van der Waals surface area (Å²) in [5.41, 5.74) is -0.655. The van der Waals surface area contributed by atoms with Crippen molar-refractivity contribution in [3.8, 4) is 0 Å². The maximum Gasteiger partial charge on any atom is 0.408 e. The molecule has 9 nitrogen and oxygen atoms in total. The van der Waals surface area contributed by atoms with Crippen molar-refractivity contribution < 1.29 is 28.6 Å². The lowest BCUT2D eigenvalue weighted by Crippen LogP contribution is -2.68. The van der Waals surface area contributed by atoms with Gasteiger partial charge >= 0.3 is 12.1 Å². The molecule has 3 rings (SSSR count). The van der Waals surface area contributed by atoms with E-state index in [1.807, 2.05) is 27.5 Å².